The maximum Gasteiger partial charge on any atom is 0.303 e. The molecule has 1 aromatic carbocycles. The van der Waals surface area contributed by atoms with Crippen molar-refractivity contribution < 1.29 is 14.3 Å². The number of benzene rings is 1. The number of aliphatic carboxylic acids is 1. The Hall–Kier alpha value is -0.940. The van der Waals surface area contributed by atoms with Gasteiger partial charge >= 0.3 is 5.97 Å². The summed E-state index contributed by atoms with van der Waals surface area (Å²) in [5.74, 6) is -1.24. The highest BCUT2D eigenvalue weighted by atomic mass is 79.9. The van der Waals surface area contributed by atoms with Gasteiger partial charge in [0.15, 0.2) is 0 Å². The topological polar surface area (TPSA) is 63.3 Å². The first-order valence-electron chi connectivity index (χ1n) is 4.43. The van der Waals surface area contributed by atoms with Crippen molar-refractivity contribution in [1.29, 1.82) is 0 Å². The second-order valence-corrected chi connectivity index (χ2v) is 4.06. The van der Waals surface area contributed by atoms with Crippen LogP contribution in [0.2, 0.25) is 0 Å². The summed E-state index contributed by atoms with van der Waals surface area (Å²) in [6.07, 6.45) is 0.338. The molecule has 1 aromatic rings. The van der Waals surface area contributed by atoms with E-state index in [1.54, 1.807) is 6.07 Å². The van der Waals surface area contributed by atoms with Crippen molar-refractivity contribution in [3.05, 3.63) is 34.1 Å². The third-order valence-corrected chi connectivity index (χ3v) is 2.72. The Labute approximate surface area is 95.2 Å². The van der Waals surface area contributed by atoms with E-state index in [1.807, 2.05) is 0 Å². The van der Waals surface area contributed by atoms with Crippen molar-refractivity contribution in [2.24, 2.45) is 5.73 Å². The summed E-state index contributed by atoms with van der Waals surface area (Å²) in [6, 6.07) is 3.79. The Morgan fingerprint density at radius 3 is 2.80 bits per heavy atom. The van der Waals surface area contributed by atoms with E-state index in [2.05, 4.69) is 15.9 Å². The summed E-state index contributed by atoms with van der Waals surface area (Å²) in [6.45, 7) is 0. The van der Waals surface area contributed by atoms with Gasteiger partial charge < -0.3 is 10.8 Å². The lowest BCUT2D eigenvalue weighted by atomic mass is 10.0. The number of hydrogen-bond donors (Lipinski definition) is 2. The molecule has 0 saturated carbocycles. The fourth-order valence-corrected chi connectivity index (χ4v) is 1.88. The molecule has 15 heavy (non-hydrogen) atoms. The maximum absolute atomic E-state index is 12.8. The number of halogens is 2. The molecule has 0 heterocycles. The number of carboxylic acid groups (broad SMARTS) is 1. The predicted molar refractivity (Wildman–Crippen MR) is 57.9 cm³/mol. The van der Waals surface area contributed by atoms with Crippen LogP contribution in [0.25, 0.3) is 0 Å². The number of carboxylic acids is 1. The molecule has 5 heteroatoms. The summed E-state index contributed by atoms with van der Waals surface area (Å²) in [7, 11) is 0. The smallest absolute Gasteiger partial charge is 0.303 e. The minimum absolute atomic E-state index is 0.00494. The zero-order chi connectivity index (χ0) is 11.4. The average molecular weight is 276 g/mol. The third kappa shape index (κ3) is 3.60. The summed E-state index contributed by atoms with van der Waals surface area (Å²) in [4.78, 5) is 10.3. The lowest BCUT2D eigenvalue weighted by Crippen LogP contribution is -2.12. The summed E-state index contributed by atoms with van der Waals surface area (Å²) < 4.78 is 13.3. The zero-order valence-corrected chi connectivity index (χ0v) is 9.50. The summed E-state index contributed by atoms with van der Waals surface area (Å²) >= 11 is 3.19. The van der Waals surface area contributed by atoms with Crippen LogP contribution < -0.4 is 5.73 Å². The van der Waals surface area contributed by atoms with E-state index < -0.39 is 12.0 Å². The average Bonchev–Trinajstić information content (AvgIpc) is 2.14. The molecule has 1 unspecified atom stereocenters. The van der Waals surface area contributed by atoms with Crippen LogP contribution in [0, 0.1) is 5.82 Å². The van der Waals surface area contributed by atoms with E-state index in [1.165, 1.54) is 12.1 Å². The van der Waals surface area contributed by atoms with Crippen LogP contribution in [-0.4, -0.2) is 11.1 Å². The molecule has 0 radical (unpaired) electrons. The Morgan fingerprint density at radius 2 is 2.27 bits per heavy atom. The zero-order valence-electron chi connectivity index (χ0n) is 7.91. The first kappa shape index (κ1) is 12.1. The van der Waals surface area contributed by atoms with Gasteiger partial charge in [-0.25, -0.2) is 4.39 Å². The van der Waals surface area contributed by atoms with Crippen LogP contribution in [0.4, 0.5) is 4.39 Å². The molecule has 0 aliphatic carbocycles. The van der Waals surface area contributed by atoms with Crippen molar-refractivity contribution in [2.75, 3.05) is 0 Å². The van der Waals surface area contributed by atoms with Crippen LogP contribution in [-0.2, 0) is 4.79 Å². The van der Waals surface area contributed by atoms with E-state index in [9.17, 15) is 9.18 Å². The maximum atomic E-state index is 12.8. The fraction of sp³-hybridized carbons (Fsp3) is 0.300. The fourth-order valence-electron chi connectivity index (χ4n) is 1.24. The molecule has 82 valence electrons. The van der Waals surface area contributed by atoms with E-state index >= 15 is 0 Å². The molecular formula is C10H11BrFNO2. The SMILES string of the molecule is NC(CCC(=O)O)c1ccc(F)cc1Br. The van der Waals surface area contributed by atoms with E-state index in [0.717, 1.165) is 5.56 Å². The Bertz CT molecular complexity index is 370. The van der Waals surface area contributed by atoms with Crippen LogP contribution in [0.15, 0.2) is 22.7 Å². The van der Waals surface area contributed by atoms with E-state index in [-0.39, 0.29) is 12.2 Å². The van der Waals surface area contributed by atoms with Crippen LogP contribution in [0.1, 0.15) is 24.4 Å². The number of rotatable bonds is 4. The molecule has 0 aliphatic rings. The lowest BCUT2D eigenvalue weighted by Gasteiger charge is -2.12. The standard InChI is InChI=1S/C10H11BrFNO2/c11-8-5-6(12)1-2-7(8)9(13)3-4-10(14)15/h1-2,5,9H,3-4,13H2,(H,14,15). The van der Waals surface area contributed by atoms with Gasteiger partial charge in [-0.3, -0.25) is 4.79 Å². The molecule has 1 rings (SSSR count). The Balaban J connectivity index is 2.73. The minimum Gasteiger partial charge on any atom is -0.481 e. The molecule has 0 spiro atoms. The van der Waals surface area contributed by atoms with E-state index in [0.29, 0.717) is 10.9 Å². The monoisotopic (exact) mass is 275 g/mol. The van der Waals surface area contributed by atoms with Gasteiger partial charge in [0, 0.05) is 16.9 Å². The Kier molecular flexibility index (Phi) is 4.23. The highest BCUT2D eigenvalue weighted by Crippen LogP contribution is 2.25. The number of hydrogen-bond acceptors (Lipinski definition) is 2. The van der Waals surface area contributed by atoms with Crippen molar-refractivity contribution in [2.45, 2.75) is 18.9 Å². The normalized spacial score (nSPS) is 12.5. The summed E-state index contributed by atoms with van der Waals surface area (Å²) in [5, 5.41) is 8.50. The second kappa shape index (κ2) is 5.23. The van der Waals surface area contributed by atoms with Gasteiger partial charge in [-0.15, -0.1) is 0 Å². The second-order valence-electron chi connectivity index (χ2n) is 3.20. The third-order valence-electron chi connectivity index (χ3n) is 2.03. The molecule has 3 nitrogen and oxygen atoms in total. The number of carbonyl (C=O) groups is 1. The quantitative estimate of drug-likeness (QED) is 0.887. The van der Waals surface area contributed by atoms with Crippen molar-refractivity contribution >= 4 is 21.9 Å². The van der Waals surface area contributed by atoms with Gasteiger partial charge in [0.05, 0.1) is 0 Å². The highest BCUT2D eigenvalue weighted by Gasteiger charge is 2.11. The molecule has 0 amide bonds. The molecule has 1 atom stereocenters. The molecule has 0 aliphatic heterocycles. The molecule has 0 fully saturated rings. The largest absolute Gasteiger partial charge is 0.481 e. The predicted octanol–water partition coefficient (Wildman–Crippen LogP) is 2.45. The molecule has 0 aromatic heterocycles. The van der Waals surface area contributed by atoms with Crippen molar-refractivity contribution in [3.63, 3.8) is 0 Å². The van der Waals surface area contributed by atoms with Crippen molar-refractivity contribution in [3.8, 4) is 0 Å². The van der Waals surface area contributed by atoms with Gasteiger partial charge in [-0.2, -0.15) is 0 Å². The van der Waals surface area contributed by atoms with Gasteiger partial charge in [-0.1, -0.05) is 22.0 Å². The van der Waals surface area contributed by atoms with Gasteiger partial charge in [0.2, 0.25) is 0 Å². The molecule has 0 bridgehead atoms. The van der Waals surface area contributed by atoms with Crippen LogP contribution in [0.5, 0.6) is 0 Å². The van der Waals surface area contributed by atoms with Gasteiger partial charge in [0.25, 0.3) is 0 Å². The van der Waals surface area contributed by atoms with Crippen LogP contribution >= 0.6 is 15.9 Å². The first-order chi connectivity index (χ1) is 7.00. The lowest BCUT2D eigenvalue weighted by molar-refractivity contribution is -0.137. The van der Waals surface area contributed by atoms with Crippen LogP contribution in [0.3, 0.4) is 0 Å². The minimum atomic E-state index is -0.885. The van der Waals surface area contributed by atoms with Gasteiger partial charge in [0.1, 0.15) is 5.82 Å². The highest BCUT2D eigenvalue weighted by molar-refractivity contribution is 9.10. The van der Waals surface area contributed by atoms with Crippen molar-refractivity contribution in [1.82, 2.24) is 0 Å². The summed E-state index contributed by atoms with van der Waals surface area (Å²) in [5.41, 5.74) is 6.50. The van der Waals surface area contributed by atoms with E-state index in [4.69, 9.17) is 10.8 Å². The van der Waals surface area contributed by atoms with Gasteiger partial charge in [-0.05, 0) is 24.1 Å². The molecular weight excluding hydrogens is 265 g/mol. The molecule has 0 saturated heterocycles. The number of nitrogens with two attached hydrogens (primary N) is 1. The molecule has 3 N–H and O–H groups in total. The Morgan fingerprint density at radius 1 is 1.60 bits per heavy atom. The first-order valence-corrected chi connectivity index (χ1v) is 5.22.